The zero-order chi connectivity index (χ0) is 15.9. The maximum absolute atomic E-state index is 12.0. The quantitative estimate of drug-likeness (QED) is 0.848. The first-order chi connectivity index (χ1) is 10.4. The lowest BCUT2D eigenvalue weighted by atomic mass is 9.93. The van der Waals surface area contributed by atoms with Crippen LogP contribution in [0.15, 0.2) is 30.3 Å². The molecule has 1 amide bonds. The Morgan fingerprint density at radius 2 is 2.05 bits per heavy atom. The molecule has 2 heterocycles. The van der Waals surface area contributed by atoms with Gasteiger partial charge in [0.15, 0.2) is 0 Å². The number of rotatable bonds is 1. The number of aromatic amines is 1. The Labute approximate surface area is 128 Å². The summed E-state index contributed by atoms with van der Waals surface area (Å²) in [6.45, 7) is 5.64. The molecule has 112 valence electrons. The summed E-state index contributed by atoms with van der Waals surface area (Å²) in [5.41, 5.74) is 3.40. The summed E-state index contributed by atoms with van der Waals surface area (Å²) in [5.74, 6) is -0.147. The SMILES string of the molecule is CC1OC(C)(C)c2cc(-c3ccc(C#N)[nH]3)ccc2NC1=O. The van der Waals surface area contributed by atoms with Crippen molar-refractivity contribution in [3.05, 3.63) is 41.6 Å². The fourth-order valence-electron chi connectivity index (χ4n) is 2.74. The minimum absolute atomic E-state index is 0.147. The fourth-order valence-corrected chi connectivity index (χ4v) is 2.74. The lowest BCUT2D eigenvalue weighted by Crippen LogP contribution is -2.30. The fraction of sp³-hybridized carbons (Fsp3) is 0.294. The number of benzene rings is 1. The molecule has 2 N–H and O–H groups in total. The van der Waals surface area contributed by atoms with Gasteiger partial charge < -0.3 is 15.0 Å². The molecule has 3 rings (SSSR count). The Morgan fingerprint density at radius 1 is 1.27 bits per heavy atom. The number of carbonyl (C=O) groups excluding carboxylic acids is 1. The van der Waals surface area contributed by atoms with Crippen LogP contribution in [0.25, 0.3) is 11.3 Å². The Balaban J connectivity index is 2.09. The van der Waals surface area contributed by atoms with Gasteiger partial charge in [-0.2, -0.15) is 5.26 Å². The largest absolute Gasteiger partial charge is 0.358 e. The molecule has 1 unspecified atom stereocenters. The lowest BCUT2D eigenvalue weighted by molar-refractivity contribution is -0.136. The van der Waals surface area contributed by atoms with E-state index < -0.39 is 11.7 Å². The van der Waals surface area contributed by atoms with Crippen molar-refractivity contribution in [2.75, 3.05) is 5.32 Å². The molecule has 0 aliphatic carbocycles. The molecule has 1 aromatic heterocycles. The number of nitrogens with one attached hydrogen (secondary N) is 2. The number of nitriles is 1. The van der Waals surface area contributed by atoms with Crippen LogP contribution in [-0.4, -0.2) is 17.0 Å². The van der Waals surface area contributed by atoms with Crippen molar-refractivity contribution in [1.29, 1.82) is 5.26 Å². The summed E-state index contributed by atoms with van der Waals surface area (Å²) in [4.78, 5) is 15.0. The Kier molecular flexibility index (Phi) is 3.27. The van der Waals surface area contributed by atoms with Crippen LogP contribution in [0.2, 0.25) is 0 Å². The minimum Gasteiger partial charge on any atom is -0.358 e. The van der Waals surface area contributed by atoms with Crippen LogP contribution in [0.1, 0.15) is 32.0 Å². The molecular formula is C17H17N3O2. The van der Waals surface area contributed by atoms with Crippen molar-refractivity contribution in [3.8, 4) is 17.3 Å². The Hall–Kier alpha value is -2.58. The van der Waals surface area contributed by atoms with Gasteiger partial charge in [0, 0.05) is 16.9 Å². The van der Waals surface area contributed by atoms with E-state index in [4.69, 9.17) is 10.00 Å². The van der Waals surface area contributed by atoms with Crippen LogP contribution < -0.4 is 5.32 Å². The second-order valence-electron chi connectivity index (χ2n) is 5.92. The van der Waals surface area contributed by atoms with E-state index in [0.717, 1.165) is 22.5 Å². The topological polar surface area (TPSA) is 77.9 Å². The Morgan fingerprint density at radius 3 is 2.73 bits per heavy atom. The second-order valence-corrected chi connectivity index (χ2v) is 5.92. The highest BCUT2D eigenvalue weighted by molar-refractivity contribution is 5.95. The Bertz CT molecular complexity index is 783. The normalized spacial score (nSPS) is 19.7. The number of carbonyl (C=O) groups is 1. The van der Waals surface area contributed by atoms with Gasteiger partial charge in [0.25, 0.3) is 5.91 Å². The van der Waals surface area contributed by atoms with Crippen molar-refractivity contribution in [2.24, 2.45) is 0 Å². The molecule has 2 aromatic rings. The number of nitrogens with zero attached hydrogens (tertiary/aromatic N) is 1. The van der Waals surface area contributed by atoms with Crippen molar-refractivity contribution >= 4 is 11.6 Å². The zero-order valence-electron chi connectivity index (χ0n) is 12.7. The van der Waals surface area contributed by atoms with Crippen LogP contribution in [-0.2, 0) is 15.1 Å². The molecule has 1 aliphatic heterocycles. The van der Waals surface area contributed by atoms with Gasteiger partial charge in [-0.1, -0.05) is 6.07 Å². The van der Waals surface area contributed by atoms with Crippen molar-refractivity contribution in [3.63, 3.8) is 0 Å². The number of fused-ring (bicyclic) bond motifs is 1. The highest BCUT2D eigenvalue weighted by atomic mass is 16.5. The highest BCUT2D eigenvalue weighted by Crippen LogP contribution is 2.37. The third-order valence-corrected chi connectivity index (χ3v) is 3.88. The predicted molar refractivity (Wildman–Crippen MR) is 83.1 cm³/mol. The van der Waals surface area contributed by atoms with Gasteiger partial charge in [0.05, 0.1) is 5.60 Å². The van der Waals surface area contributed by atoms with Crippen molar-refractivity contribution in [2.45, 2.75) is 32.5 Å². The number of hydrogen-bond donors (Lipinski definition) is 2. The molecular weight excluding hydrogens is 278 g/mol. The monoisotopic (exact) mass is 295 g/mol. The number of amides is 1. The molecule has 0 saturated heterocycles. The third kappa shape index (κ3) is 2.38. The van der Waals surface area contributed by atoms with E-state index in [0.29, 0.717) is 5.69 Å². The number of aromatic nitrogens is 1. The lowest BCUT2D eigenvalue weighted by Gasteiger charge is -2.27. The number of H-pyrrole nitrogens is 1. The average Bonchev–Trinajstić information content (AvgIpc) is 2.92. The minimum atomic E-state index is -0.589. The third-order valence-electron chi connectivity index (χ3n) is 3.88. The highest BCUT2D eigenvalue weighted by Gasteiger charge is 2.33. The first-order valence-electron chi connectivity index (χ1n) is 7.13. The van der Waals surface area contributed by atoms with Crippen LogP contribution in [0.5, 0.6) is 0 Å². The van der Waals surface area contributed by atoms with E-state index in [1.807, 2.05) is 38.1 Å². The van der Waals surface area contributed by atoms with Gasteiger partial charge in [0.2, 0.25) is 0 Å². The first kappa shape index (κ1) is 14.4. The predicted octanol–water partition coefficient (Wildman–Crippen LogP) is 3.15. The summed E-state index contributed by atoms with van der Waals surface area (Å²) in [6.07, 6.45) is -0.512. The molecule has 22 heavy (non-hydrogen) atoms. The van der Waals surface area contributed by atoms with Gasteiger partial charge >= 0.3 is 0 Å². The second kappa shape index (κ2) is 5.00. The van der Waals surface area contributed by atoms with E-state index in [1.54, 1.807) is 13.0 Å². The van der Waals surface area contributed by atoms with Crippen molar-refractivity contribution < 1.29 is 9.53 Å². The number of hydrogen-bond acceptors (Lipinski definition) is 3. The number of anilines is 1. The molecule has 0 fully saturated rings. The average molecular weight is 295 g/mol. The van der Waals surface area contributed by atoms with Gasteiger partial charge in [-0.25, -0.2) is 0 Å². The molecule has 0 spiro atoms. The van der Waals surface area contributed by atoms with Gasteiger partial charge in [0.1, 0.15) is 17.9 Å². The van der Waals surface area contributed by atoms with E-state index in [1.165, 1.54) is 0 Å². The standard InChI is InChI=1S/C17H17N3O2/c1-10-16(21)20-15-6-4-11(8-13(15)17(2,3)22-10)14-7-5-12(9-18)19-14/h4-8,10,19H,1-3H3,(H,20,21). The maximum atomic E-state index is 12.0. The van der Waals surface area contributed by atoms with Gasteiger partial charge in [-0.05, 0) is 50.6 Å². The summed E-state index contributed by atoms with van der Waals surface area (Å²) >= 11 is 0. The van der Waals surface area contributed by atoms with E-state index in [9.17, 15) is 4.79 Å². The molecule has 1 atom stereocenters. The van der Waals surface area contributed by atoms with Crippen molar-refractivity contribution in [1.82, 2.24) is 4.98 Å². The molecule has 5 heteroatoms. The zero-order valence-corrected chi connectivity index (χ0v) is 12.7. The van der Waals surface area contributed by atoms with Crippen LogP contribution in [0.3, 0.4) is 0 Å². The molecule has 0 bridgehead atoms. The molecule has 1 aromatic carbocycles. The van der Waals surface area contributed by atoms with Crippen LogP contribution in [0, 0.1) is 11.3 Å². The van der Waals surface area contributed by atoms with E-state index in [-0.39, 0.29) is 5.91 Å². The summed E-state index contributed by atoms with van der Waals surface area (Å²) in [6, 6.07) is 11.5. The molecule has 1 aliphatic rings. The summed E-state index contributed by atoms with van der Waals surface area (Å²) < 4.78 is 5.88. The molecule has 0 saturated carbocycles. The summed E-state index contributed by atoms with van der Waals surface area (Å²) in [5, 5.41) is 11.8. The van der Waals surface area contributed by atoms with E-state index >= 15 is 0 Å². The van der Waals surface area contributed by atoms with Crippen LogP contribution in [0.4, 0.5) is 5.69 Å². The van der Waals surface area contributed by atoms with Gasteiger partial charge in [-0.3, -0.25) is 4.79 Å². The van der Waals surface area contributed by atoms with Gasteiger partial charge in [-0.15, -0.1) is 0 Å². The molecule has 0 radical (unpaired) electrons. The summed E-state index contributed by atoms with van der Waals surface area (Å²) in [7, 11) is 0. The maximum Gasteiger partial charge on any atom is 0.253 e. The van der Waals surface area contributed by atoms with E-state index in [2.05, 4.69) is 16.4 Å². The first-order valence-corrected chi connectivity index (χ1v) is 7.13. The smallest absolute Gasteiger partial charge is 0.253 e. The van der Waals surface area contributed by atoms with Crippen LogP contribution >= 0.6 is 0 Å². The molecule has 5 nitrogen and oxygen atoms in total. The number of ether oxygens (including phenoxy) is 1.